The van der Waals surface area contributed by atoms with E-state index in [2.05, 4.69) is 5.32 Å². The van der Waals surface area contributed by atoms with Crippen LogP contribution in [0.15, 0.2) is 29.3 Å². The number of hydrogen-bond acceptors (Lipinski definition) is 3. The molecule has 1 aromatic rings. The third kappa shape index (κ3) is 4.72. The molecule has 0 unspecified atom stereocenters. The highest BCUT2D eigenvalue weighted by molar-refractivity contribution is 6.10. The number of urea groups is 1. The maximum Gasteiger partial charge on any atom is 0.331 e. The van der Waals surface area contributed by atoms with E-state index in [0.29, 0.717) is 5.56 Å². The maximum atomic E-state index is 13.2. The van der Waals surface area contributed by atoms with Gasteiger partial charge in [-0.05, 0) is 44.5 Å². The Balaban J connectivity index is 2.76. The first-order chi connectivity index (χ1) is 9.70. The van der Waals surface area contributed by atoms with Gasteiger partial charge in [-0.2, -0.15) is 0 Å². The number of imide groups is 1. The van der Waals surface area contributed by atoms with Crippen LogP contribution in [-0.4, -0.2) is 23.0 Å². The van der Waals surface area contributed by atoms with Gasteiger partial charge in [0.15, 0.2) is 0 Å². The summed E-state index contributed by atoms with van der Waals surface area (Å²) in [5.74, 6) is -2.60. The number of carboxylic acid groups (broad SMARTS) is 1. The van der Waals surface area contributed by atoms with Gasteiger partial charge in [-0.15, -0.1) is 0 Å². The summed E-state index contributed by atoms with van der Waals surface area (Å²) in [5, 5.41) is 13.0. The number of carbonyl (C=O) groups is 3. The molecule has 0 heterocycles. The Bertz CT molecular complexity index is 618. The number of aryl methyl sites for hydroxylation is 1. The first-order valence-corrected chi connectivity index (χ1v) is 6.01. The molecule has 3 N–H and O–H groups in total. The summed E-state index contributed by atoms with van der Waals surface area (Å²) >= 11 is 0. The molecule has 7 heteroatoms. The largest absolute Gasteiger partial charge is 0.478 e. The number of rotatable bonds is 3. The molecule has 0 saturated carbocycles. The van der Waals surface area contributed by atoms with E-state index < -0.39 is 23.7 Å². The van der Waals surface area contributed by atoms with E-state index in [1.807, 2.05) is 5.32 Å². The summed E-state index contributed by atoms with van der Waals surface area (Å²) in [7, 11) is 0. The lowest BCUT2D eigenvalue weighted by atomic mass is 10.1. The zero-order chi connectivity index (χ0) is 16.2. The SMILES string of the molecule is CC(C(=O)O)=C(C)C(=O)NC(=O)Nc1cc(C)cc(F)c1. The van der Waals surface area contributed by atoms with Crippen LogP contribution in [0.2, 0.25) is 0 Å². The standard InChI is InChI=1S/C14H15FN2O4/c1-7-4-10(15)6-11(5-7)16-14(21)17-12(18)8(2)9(3)13(19)20/h4-6H,1-3H3,(H,19,20)(H2,16,17,18,21). The lowest BCUT2D eigenvalue weighted by molar-refractivity contribution is -0.133. The Labute approximate surface area is 120 Å². The molecule has 0 aliphatic carbocycles. The predicted octanol–water partition coefficient (Wildman–Crippen LogP) is 2.20. The van der Waals surface area contributed by atoms with Crippen LogP contribution < -0.4 is 10.6 Å². The number of nitrogens with one attached hydrogen (secondary N) is 2. The molecule has 0 atom stereocenters. The van der Waals surface area contributed by atoms with Gasteiger partial charge >= 0.3 is 12.0 Å². The summed E-state index contributed by atoms with van der Waals surface area (Å²) in [6.07, 6.45) is 0. The van der Waals surface area contributed by atoms with Crippen molar-refractivity contribution >= 4 is 23.6 Å². The van der Waals surface area contributed by atoms with E-state index in [9.17, 15) is 18.8 Å². The molecule has 21 heavy (non-hydrogen) atoms. The molecule has 112 valence electrons. The first kappa shape index (κ1) is 16.4. The van der Waals surface area contributed by atoms with Gasteiger partial charge in [0.1, 0.15) is 5.82 Å². The molecule has 1 aromatic carbocycles. The molecule has 0 radical (unpaired) electrons. The first-order valence-electron chi connectivity index (χ1n) is 6.01. The minimum absolute atomic E-state index is 0.0897. The summed E-state index contributed by atoms with van der Waals surface area (Å²) < 4.78 is 13.2. The Morgan fingerprint density at radius 2 is 1.71 bits per heavy atom. The maximum absolute atomic E-state index is 13.2. The average Bonchev–Trinajstić information content (AvgIpc) is 2.35. The number of halogens is 1. The Kier molecular flexibility index (Phi) is 5.18. The highest BCUT2D eigenvalue weighted by Crippen LogP contribution is 2.13. The number of amides is 3. The van der Waals surface area contributed by atoms with E-state index in [-0.39, 0.29) is 16.8 Å². The molecule has 3 amide bonds. The van der Waals surface area contributed by atoms with Crippen molar-refractivity contribution in [3.05, 3.63) is 40.7 Å². The van der Waals surface area contributed by atoms with Gasteiger partial charge in [-0.1, -0.05) is 0 Å². The lowest BCUT2D eigenvalue weighted by Crippen LogP contribution is -2.35. The minimum Gasteiger partial charge on any atom is -0.478 e. The normalized spacial score (nSPS) is 11.4. The van der Waals surface area contributed by atoms with Crippen LogP contribution in [0.4, 0.5) is 14.9 Å². The van der Waals surface area contributed by atoms with Gasteiger partial charge in [0, 0.05) is 16.8 Å². The van der Waals surface area contributed by atoms with Gasteiger partial charge in [-0.25, -0.2) is 14.0 Å². The van der Waals surface area contributed by atoms with Crippen LogP contribution >= 0.6 is 0 Å². The van der Waals surface area contributed by atoms with Gasteiger partial charge in [0.05, 0.1) is 0 Å². The number of carboxylic acids is 1. The monoisotopic (exact) mass is 294 g/mol. The van der Waals surface area contributed by atoms with Crippen molar-refractivity contribution in [2.24, 2.45) is 0 Å². The fraction of sp³-hybridized carbons (Fsp3) is 0.214. The summed E-state index contributed by atoms with van der Waals surface area (Å²) in [5.41, 5.74) is 0.541. The third-order valence-electron chi connectivity index (χ3n) is 2.75. The molecule has 6 nitrogen and oxygen atoms in total. The van der Waals surface area contributed by atoms with Crippen molar-refractivity contribution in [3.8, 4) is 0 Å². The molecule has 0 aliphatic heterocycles. The minimum atomic E-state index is -1.25. The quantitative estimate of drug-likeness (QED) is 0.745. The van der Waals surface area contributed by atoms with Crippen LogP contribution in [0, 0.1) is 12.7 Å². The van der Waals surface area contributed by atoms with Crippen molar-refractivity contribution < 1.29 is 23.9 Å². The number of aliphatic carboxylic acids is 1. The van der Waals surface area contributed by atoms with Crippen LogP contribution in [-0.2, 0) is 9.59 Å². The third-order valence-corrected chi connectivity index (χ3v) is 2.75. The number of benzene rings is 1. The van der Waals surface area contributed by atoms with Crippen molar-refractivity contribution in [1.29, 1.82) is 0 Å². The second-order valence-corrected chi connectivity index (χ2v) is 4.48. The van der Waals surface area contributed by atoms with E-state index in [0.717, 1.165) is 6.07 Å². The van der Waals surface area contributed by atoms with Crippen LogP contribution in [0.25, 0.3) is 0 Å². The van der Waals surface area contributed by atoms with Gasteiger partial charge in [0.25, 0.3) is 5.91 Å². The average molecular weight is 294 g/mol. The molecule has 1 rings (SSSR count). The van der Waals surface area contributed by atoms with Gasteiger partial charge in [0.2, 0.25) is 0 Å². The second kappa shape index (κ2) is 6.65. The molecule has 0 fully saturated rings. The van der Waals surface area contributed by atoms with E-state index in [1.54, 1.807) is 6.92 Å². The molecule has 0 spiro atoms. The number of anilines is 1. The van der Waals surface area contributed by atoms with E-state index in [4.69, 9.17) is 5.11 Å². The molecular formula is C14H15FN2O4. The Morgan fingerprint density at radius 3 is 2.24 bits per heavy atom. The molecule has 0 aliphatic rings. The van der Waals surface area contributed by atoms with Crippen molar-refractivity contribution in [2.75, 3.05) is 5.32 Å². The lowest BCUT2D eigenvalue weighted by Gasteiger charge is -2.08. The van der Waals surface area contributed by atoms with Crippen molar-refractivity contribution in [3.63, 3.8) is 0 Å². The van der Waals surface area contributed by atoms with E-state index >= 15 is 0 Å². The topological polar surface area (TPSA) is 95.5 Å². The predicted molar refractivity (Wildman–Crippen MR) is 74.3 cm³/mol. The van der Waals surface area contributed by atoms with Crippen molar-refractivity contribution in [2.45, 2.75) is 20.8 Å². The summed E-state index contributed by atoms with van der Waals surface area (Å²) in [4.78, 5) is 34.0. The number of carbonyl (C=O) groups excluding carboxylic acids is 2. The van der Waals surface area contributed by atoms with Crippen molar-refractivity contribution in [1.82, 2.24) is 5.32 Å². The highest BCUT2D eigenvalue weighted by atomic mass is 19.1. The second-order valence-electron chi connectivity index (χ2n) is 4.48. The Hall–Kier alpha value is -2.70. The molecule has 0 bridgehead atoms. The highest BCUT2D eigenvalue weighted by Gasteiger charge is 2.15. The van der Waals surface area contributed by atoms with Crippen LogP contribution in [0.3, 0.4) is 0 Å². The summed E-state index contributed by atoms with van der Waals surface area (Å²) in [6.45, 7) is 4.20. The zero-order valence-corrected chi connectivity index (χ0v) is 11.8. The van der Waals surface area contributed by atoms with Crippen LogP contribution in [0.5, 0.6) is 0 Å². The summed E-state index contributed by atoms with van der Waals surface area (Å²) in [6, 6.07) is 3.04. The fourth-order valence-electron chi connectivity index (χ4n) is 1.50. The zero-order valence-electron chi connectivity index (χ0n) is 11.8. The van der Waals surface area contributed by atoms with Gasteiger partial charge < -0.3 is 10.4 Å². The Morgan fingerprint density at radius 1 is 1.10 bits per heavy atom. The van der Waals surface area contributed by atoms with Crippen LogP contribution in [0.1, 0.15) is 19.4 Å². The van der Waals surface area contributed by atoms with E-state index in [1.165, 1.54) is 26.0 Å². The molecule has 0 saturated heterocycles. The molecular weight excluding hydrogens is 279 g/mol. The molecule has 0 aromatic heterocycles. The smallest absolute Gasteiger partial charge is 0.331 e. The fourth-order valence-corrected chi connectivity index (χ4v) is 1.50. The number of hydrogen-bond donors (Lipinski definition) is 3. The van der Waals surface area contributed by atoms with Gasteiger partial charge in [-0.3, -0.25) is 10.1 Å².